The number of carbonyl (C=O) groups is 1. The van der Waals surface area contributed by atoms with Gasteiger partial charge in [-0.3, -0.25) is 4.79 Å². The Kier molecular flexibility index (Phi) is 5.36. The lowest BCUT2D eigenvalue weighted by atomic mass is 9.91. The maximum Gasteiger partial charge on any atom is 0.246 e. The number of aryl methyl sites for hydroxylation is 1. The van der Waals surface area contributed by atoms with Gasteiger partial charge in [0.15, 0.2) is 0 Å². The van der Waals surface area contributed by atoms with Crippen molar-refractivity contribution in [1.29, 1.82) is 0 Å². The zero-order chi connectivity index (χ0) is 14.4. The molecule has 0 aliphatic heterocycles. The summed E-state index contributed by atoms with van der Waals surface area (Å²) in [6.45, 7) is 2.83. The first-order valence-electron chi connectivity index (χ1n) is 7.37. The van der Waals surface area contributed by atoms with E-state index in [1.165, 1.54) is 12.0 Å². The van der Waals surface area contributed by atoms with Gasteiger partial charge in [-0.05, 0) is 49.8 Å². The molecule has 108 valence electrons. The largest absolute Gasteiger partial charge is 0.396 e. The maximum atomic E-state index is 12.3. The molecule has 3 nitrogen and oxygen atoms in total. The molecule has 1 aliphatic rings. The van der Waals surface area contributed by atoms with Crippen LogP contribution >= 0.6 is 0 Å². The molecule has 1 aromatic rings. The quantitative estimate of drug-likeness (QED) is 0.810. The second-order valence-corrected chi connectivity index (χ2v) is 5.38. The van der Waals surface area contributed by atoms with Gasteiger partial charge in [0.1, 0.15) is 0 Å². The summed E-state index contributed by atoms with van der Waals surface area (Å²) in [6.07, 6.45) is 7.60. The normalized spacial score (nSPS) is 15.3. The first-order valence-corrected chi connectivity index (χ1v) is 7.37. The second-order valence-electron chi connectivity index (χ2n) is 5.38. The standard InChI is InChI=1S/C17H23NO2/c1-14-6-2-3-7-15(14)10-11-17(20)18(12-5-13-19)16-8-4-9-16/h2-3,6-7,10-11,16,19H,4-5,8-9,12-13H2,1H3/b11-10+. The van der Waals surface area contributed by atoms with Crippen molar-refractivity contribution in [1.82, 2.24) is 4.90 Å². The van der Waals surface area contributed by atoms with Crippen molar-refractivity contribution in [2.24, 2.45) is 0 Å². The molecule has 1 fully saturated rings. The van der Waals surface area contributed by atoms with Gasteiger partial charge in [0.2, 0.25) is 5.91 Å². The summed E-state index contributed by atoms with van der Waals surface area (Å²) in [7, 11) is 0. The monoisotopic (exact) mass is 273 g/mol. The summed E-state index contributed by atoms with van der Waals surface area (Å²) in [5, 5.41) is 8.96. The number of rotatable bonds is 6. The predicted molar refractivity (Wildman–Crippen MR) is 81.3 cm³/mol. The van der Waals surface area contributed by atoms with Gasteiger partial charge in [-0.25, -0.2) is 0 Å². The fourth-order valence-electron chi connectivity index (χ4n) is 2.44. The Balaban J connectivity index is 2.02. The second kappa shape index (κ2) is 7.25. The third-order valence-electron chi connectivity index (χ3n) is 3.95. The van der Waals surface area contributed by atoms with Crippen LogP contribution in [0.25, 0.3) is 6.08 Å². The Morgan fingerprint density at radius 3 is 2.75 bits per heavy atom. The van der Waals surface area contributed by atoms with Crippen LogP contribution in [-0.2, 0) is 4.79 Å². The van der Waals surface area contributed by atoms with E-state index < -0.39 is 0 Å². The number of benzene rings is 1. The molecule has 0 spiro atoms. The molecule has 0 saturated heterocycles. The van der Waals surface area contributed by atoms with Gasteiger partial charge in [-0.15, -0.1) is 0 Å². The summed E-state index contributed by atoms with van der Waals surface area (Å²) >= 11 is 0. The molecular weight excluding hydrogens is 250 g/mol. The number of aliphatic hydroxyl groups excluding tert-OH is 1. The van der Waals surface area contributed by atoms with Gasteiger partial charge in [0.25, 0.3) is 0 Å². The van der Waals surface area contributed by atoms with Crippen LogP contribution < -0.4 is 0 Å². The Hall–Kier alpha value is -1.61. The lowest BCUT2D eigenvalue weighted by Gasteiger charge is -2.37. The van der Waals surface area contributed by atoms with Crippen molar-refractivity contribution in [3.63, 3.8) is 0 Å². The summed E-state index contributed by atoms with van der Waals surface area (Å²) in [5.74, 6) is 0.0615. The van der Waals surface area contributed by atoms with E-state index >= 15 is 0 Å². The molecule has 0 bridgehead atoms. The molecule has 2 rings (SSSR count). The average molecular weight is 273 g/mol. The third-order valence-corrected chi connectivity index (χ3v) is 3.95. The van der Waals surface area contributed by atoms with E-state index in [0.29, 0.717) is 19.0 Å². The van der Waals surface area contributed by atoms with Crippen LogP contribution in [0.3, 0.4) is 0 Å². The van der Waals surface area contributed by atoms with E-state index in [-0.39, 0.29) is 12.5 Å². The Bertz CT molecular complexity index is 478. The van der Waals surface area contributed by atoms with E-state index in [4.69, 9.17) is 5.11 Å². The van der Waals surface area contributed by atoms with E-state index in [1.807, 2.05) is 42.2 Å². The van der Waals surface area contributed by atoms with Crippen LogP contribution in [-0.4, -0.2) is 35.1 Å². The Morgan fingerprint density at radius 2 is 2.15 bits per heavy atom. The molecule has 0 aromatic heterocycles. The van der Waals surface area contributed by atoms with Gasteiger partial charge in [0.05, 0.1) is 0 Å². The van der Waals surface area contributed by atoms with Crippen LogP contribution in [0.5, 0.6) is 0 Å². The van der Waals surface area contributed by atoms with Crippen molar-refractivity contribution >= 4 is 12.0 Å². The van der Waals surface area contributed by atoms with Gasteiger partial charge >= 0.3 is 0 Å². The van der Waals surface area contributed by atoms with Crippen LogP contribution in [0.1, 0.15) is 36.8 Å². The van der Waals surface area contributed by atoms with Crippen LogP contribution in [0.4, 0.5) is 0 Å². The summed E-state index contributed by atoms with van der Waals surface area (Å²) in [4.78, 5) is 14.2. The number of carbonyl (C=O) groups excluding carboxylic acids is 1. The molecule has 0 radical (unpaired) electrons. The lowest BCUT2D eigenvalue weighted by Crippen LogP contribution is -2.44. The molecule has 3 heteroatoms. The van der Waals surface area contributed by atoms with Gasteiger partial charge in [0, 0.05) is 25.3 Å². The molecule has 1 amide bonds. The van der Waals surface area contributed by atoms with Crippen molar-refractivity contribution in [2.75, 3.05) is 13.2 Å². The van der Waals surface area contributed by atoms with Crippen LogP contribution in [0.2, 0.25) is 0 Å². The van der Waals surface area contributed by atoms with Crippen molar-refractivity contribution in [3.8, 4) is 0 Å². The van der Waals surface area contributed by atoms with Gasteiger partial charge in [-0.2, -0.15) is 0 Å². The van der Waals surface area contributed by atoms with Crippen LogP contribution in [0, 0.1) is 6.92 Å². The predicted octanol–water partition coefficient (Wildman–Crippen LogP) is 2.77. The first-order chi connectivity index (χ1) is 9.72. The molecule has 20 heavy (non-hydrogen) atoms. The number of hydrogen-bond donors (Lipinski definition) is 1. The average Bonchev–Trinajstić information content (AvgIpc) is 2.40. The lowest BCUT2D eigenvalue weighted by molar-refractivity contribution is -0.130. The molecule has 0 heterocycles. The van der Waals surface area contributed by atoms with Crippen LogP contribution in [0.15, 0.2) is 30.3 Å². The molecular formula is C17H23NO2. The summed E-state index contributed by atoms with van der Waals surface area (Å²) < 4.78 is 0. The van der Waals surface area contributed by atoms with E-state index in [1.54, 1.807) is 6.08 Å². The van der Waals surface area contributed by atoms with Gasteiger partial charge in [-0.1, -0.05) is 24.3 Å². The maximum absolute atomic E-state index is 12.3. The topological polar surface area (TPSA) is 40.5 Å². The van der Waals surface area contributed by atoms with E-state index in [9.17, 15) is 4.79 Å². The van der Waals surface area contributed by atoms with Gasteiger partial charge < -0.3 is 10.0 Å². The molecule has 1 aliphatic carbocycles. The minimum Gasteiger partial charge on any atom is -0.396 e. The first kappa shape index (κ1) is 14.8. The smallest absolute Gasteiger partial charge is 0.246 e. The summed E-state index contributed by atoms with van der Waals surface area (Å²) in [5.41, 5.74) is 2.25. The molecule has 1 N–H and O–H groups in total. The van der Waals surface area contributed by atoms with Crippen molar-refractivity contribution in [2.45, 2.75) is 38.6 Å². The molecule has 1 saturated carbocycles. The van der Waals surface area contributed by atoms with E-state index in [0.717, 1.165) is 18.4 Å². The highest BCUT2D eigenvalue weighted by molar-refractivity contribution is 5.92. The fraction of sp³-hybridized carbons (Fsp3) is 0.471. The Labute approximate surface area is 120 Å². The number of aliphatic hydroxyl groups is 1. The molecule has 0 unspecified atom stereocenters. The Morgan fingerprint density at radius 1 is 1.40 bits per heavy atom. The minimum atomic E-state index is 0.0615. The number of hydrogen-bond acceptors (Lipinski definition) is 2. The number of amides is 1. The highest BCUT2D eigenvalue weighted by Crippen LogP contribution is 2.25. The highest BCUT2D eigenvalue weighted by atomic mass is 16.3. The molecule has 0 atom stereocenters. The summed E-state index contributed by atoms with van der Waals surface area (Å²) in [6, 6.07) is 8.40. The SMILES string of the molecule is Cc1ccccc1/C=C/C(=O)N(CCCO)C1CCC1. The minimum absolute atomic E-state index is 0.0615. The molecule has 1 aromatic carbocycles. The zero-order valence-electron chi connectivity index (χ0n) is 12.1. The fourth-order valence-corrected chi connectivity index (χ4v) is 2.44. The number of nitrogens with zero attached hydrogens (tertiary/aromatic N) is 1. The van der Waals surface area contributed by atoms with Crippen molar-refractivity contribution < 1.29 is 9.90 Å². The highest BCUT2D eigenvalue weighted by Gasteiger charge is 2.26. The van der Waals surface area contributed by atoms with E-state index in [2.05, 4.69) is 0 Å². The van der Waals surface area contributed by atoms with Crippen molar-refractivity contribution in [3.05, 3.63) is 41.5 Å². The zero-order valence-corrected chi connectivity index (χ0v) is 12.1. The third kappa shape index (κ3) is 3.70.